The van der Waals surface area contributed by atoms with E-state index in [0.717, 1.165) is 11.8 Å². The Morgan fingerprint density at radius 1 is 1.07 bits per heavy atom. The minimum absolute atomic E-state index is 0.707. The standard InChI is InChI=1S/C14H21N/c1-11-8-13(10-14(9-11)15-2)12-6-4-3-5-7-12/h3-7,11,13-15H,8-10H2,1-2H3. The van der Waals surface area contributed by atoms with Crippen LogP contribution in [-0.4, -0.2) is 13.1 Å². The molecule has 3 unspecified atom stereocenters. The van der Waals surface area contributed by atoms with Gasteiger partial charge >= 0.3 is 0 Å². The van der Waals surface area contributed by atoms with Crippen LogP contribution in [0.15, 0.2) is 30.3 Å². The third-order valence-corrected chi connectivity index (χ3v) is 3.62. The largest absolute Gasteiger partial charge is 0.317 e. The van der Waals surface area contributed by atoms with Crippen LogP contribution < -0.4 is 5.32 Å². The molecule has 2 rings (SSSR count). The average molecular weight is 203 g/mol. The van der Waals surface area contributed by atoms with Crippen molar-refractivity contribution in [2.45, 2.75) is 38.1 Å². The molecule has 1 N–H and O–H groups in total. The van der Waals surface area contributed by atoms with E-state index in [1.54, 1.807) is 0 Å². The molecular weight excluding hydrogens is 182 g/mol. The molecule has 1 nitrogen and oxygen atoms in total. The first-order valence-electron chi connectivity index (χ1n) is 6.01. The normalized spacial score (nSPS) is 31.5. The maximum atomic E-state index is 3.43. The lowest BCUT2D eigenvalue weighted by Gasteiger charge is -2.33. The van der Waals surface area contributed by atoms with Crippen molar-refractivity contribution in [2.75, 3.05) is 7.05 Å². The smallest absolute Gasteiger partial charge is 0.00724 e. The molecule has 1 fully saturated rings. The van der Waals surface area contributed by atoms with Crippen LogP contribution in [0.1, 0.15) is 37.7 Å². The summed E-state index contributed by atoms with van der Waals surface area (Å²) in [5.74, 6) is 1.61. The van der Waals surface area contributed by atoms with Gasteiger partial charge in [-0.05, 0) is 43.7 Å². The van der Waals surface area contributed by atoms with E-state index in [-0.39, 0.29) is 0 Å². The Morgan fingerprint density at radius 2 is 1.80 bits per heavy atom. The molecule has 0 radical (unpaired) electrons. The van der Waals surface area contributed by atoms with Gasteiger partial charge in [-0.1, -0.05) is 37.3 Å². The highest BCUT2D eigenvalue weighted by Crippen LogP contribution is 2.35. The summed E-state index contributed by atoms with van der Waals surface area (Å²) in [6.45, 7) is 2.37. The topological polar surface area (TPSA) is 12.0 Å². The van der Waals surface area contributed by atoms with Gasteiger partial charge in [-0.2, -0.15) is 0 Å². The molecule has 1 aromatic rings. The van der Waals surface area contributed by atoms with Gasteiger partial charge < -0.3 is 5.32 Å². The minimum Gasteiger partial charge on any atom is -0.317 e. The predicted octanol–water partition coefficient (Wildman–Crippen LogP) is 3.18. The van der Waals surface area contributed by atoms with E-state index in [1.165, 1.54) is 24.8 Å². The van der Waals surface area contributed by atoms with E-state index in [0.29, 0.717) is 6.04 Å². The lowest BCUT2D eigenvalue weighted by molar-refractivity contribution is 0.282. The Hall–Kier alpha value is -0.820. The van der Waals surface area contributed by atoms with Crippen LogP contribution >= 0.6 is 0 Å². The third kappa shape index (κ3) is 2.60. The zero-order valence-electron chi connectivity index (χ0n) is 9.74. The predicted molar refractivity (Wildman–Crippen MR) is 65.0 cm³/mol. The van der Waals surface area contributed by atoms with Crippen LogP contribution in [0.4, 0.5) is 0 Å². The molecule has 82 valence electrons. The molecule has 1 aliphatic carbocycles. The first-order chi connectivity index (χ1) is 7.29. The van der Waals surface area contributed by atoms with Crippen LogP contribution in [0, 0.1) is 5.92 Å². The molecule has 1 heteroatoms. The van der Waals surface area contributed by atoms with Crippen molar-refractivity contribution >= 4 is 0 Å². The maximum absolute atomic E-state index is 3.43. The van der Waals surface area contributed by atoms with Crippen LogP contribution in [0.25, 0.3) is 0 Å². The Labute approximate surface area is 92.9 Å². The highest BCUT2D eigenvalue weighted by molar-refractivity contribution is 5.20. The van der Waals surface area contributed by atoms with Crippen LogP contribution in [0.5, 0.6) is 0 Å². The molecule has 0 saturated heterocycles. The molecular formula is C14H21N. The molecule has 15 heavy (non-hydrogen) atoms. The van der Waals surface area contributed by atoms with Gasteiger partial charge in [0.05, 0.1) is 0 Å². The quantitative estimate of drug-likeness (QED) is 0.778. The molecule has 0 aliphatic heterocycles. The van der Waals surface area contributed by atoms with Crippen molar-refractivity contribution < 1.29 is 0 Å². The Balaban J connectivity index is 2.09. The zero-order chi connectivity index (χ0) is 10.7. The van der Waals surface area contributed by atoms with Crippen molar-refractivity contribution in [1.29, 1.82) is 0 Å². The second-order valence-electron chi connectivity index (χ2n) is 4.91. The molecule has 0 spiro atoms. The first-order valence-corrected chi connectivity index (χ1v) is 6.01. The van der Waals surface area contributed by atoms with Crippen molar-refractivity contribution in [1.82, 2.24) is 5.32 Å². The molecule has 0 amide bonds. The van der Waals surface area contributed by atoms with Crippen LogP contribution in [-0.2, 0) is 0 Å². The fraction of sp³-hybridized carbons (Fsp3) is 0.571. The number of hydrogen-bond donors (Lipinski definition) is 1. The number of hydrogen-bond acceptors (Lipinski definition) is 1. The van der Waals surface area contributed by atoms with Gasteiger partial charge in [-0.15, -0.1) is 0 Å². The summed E-state index contributed by atoms with van der Waals surface area (Å²) in [5, 5.41) is 3.43. The molecule has 1 aromatic carbocycles. The second kappa shape index (κ2) is 4.80. The Kier molecular flexibility index (Phi) is 3.42. The van der Waals surface area contributed by atoms with E-state index in [9.17, 15) is 0 Å². The molecule has 0 heterocycles. The fourth-order valence-electron chi connectivity index (χ4n) is 2.84. The van der Waals surface area contributed by atoms with E-state index in [1.807, 2.05) is 0 Å². The summed E-state index contributed by atoms with van der Waals surface area (Å²) in [6.07, 6.45) is 3.98. The van der Waals surface area contributed by atoms with Gasteiger partial charge in [-0.25, -0.2) is 0 Å². The number of nitrogens with one attached hydrogen (secondary N) is 1. The molecule has 0 bridgehead atoms. The maximum Gasteiger partial charge on any atom is 0.00724 e. The second-order valence-corrected chi connectivity index (χ2v) is 4.91. The van der Waals surface area contributed by atoms with Crippen molar-refractivity contribution in [2.24, 2.45) is 5.92 Å². The number of benzene rings is 1. The Morgan fingerprint density at radius 3 is 2.47 bits per heavy atom. The SMILES string of the molecule is CNC1CC(C)CC(c2ccccc2)C1. The lowest BCUT2D eigenvalue weighted by atomic mass is 9.76. The number of rotatable bonds is 2. The van der Waals surface area contributed by atoms with Crippen molar-refractivity contribution in [3.63, 3.8) is 0 Å². The fourth-order valence-corrected chi connectivity index (χ4v) is 2.84. The summed E-state index contributed by atoms with van der Waals surface area (Å²) >= 11 is 0. The van der Waals surface area contributed by atoms with Gasteiger partial charge in [0.1, 0.15) is 0 Å². The third-order valence-electron chi connectivity index (χ3n) is 3.62. The molecule has 0 aromatic heterocycles. The summed E-state index contributed by atoms with van der Waals surface area (Å²) in [6, 6.07) is 11.7. The van der Waals surface area contributed by atoms with E-state index in [4.69, 9.17) is 0 Å². The van der Waals surface area contributed by atoms with Crippen molar-refractivity contribution in [3.8, 4) is 0 Å². The average Bonchev–Trinajstić information content (AvgIpc) is 2.29. The summed E-state index contributed by atoms with van der Waals surface area (Å²) < 4.78 is 0. The van der Waals surface area contributed by atoms with Gasteiger partial charge in [-0.3, -0.25) is 0 Å². The summed E-state index contributed by atoms with van der Waals surface area (Å²) in [7, 11) is 2.09. The Bertz CT molecular complexity index is 293. The van der Waals surface area contributed by atoms with Gasteiger partial charge in [0.2, 0.25) is 0 Å². The van der Waals surface area contributed by atoms with Gasteiger partial charge in [0, 0.05) is 6.04 Å². The van der Waals surface area contributed by atoms with Crippen LogP contribution in [0.3, 0.4) is 0 Å². The highest BCUT2D eigenvalue weighted by Gasteiger charge is 2.26. The molecule has 1 aliphatic rings. The molecule has 3 atom stereocenters. The van der Waals surface area contributed by atoms with E-state index < -0.39 is 0 Å². The van der Waals surface area contributed by atoms with Crippen molar-refractivity contribution in [3.05, 3.63) is 35.9 Å². The monoisotopic (exact) mass is 203 g/mol. The van der Waals surface area contributed by atoms with Crippen LogP contribution in [0.2, 0.25) is 0 Å². The van der Waals surface area contributed by atoms with Gasteiger partial charge in [0.15, 0.2) is 0 Å². The van der Waals surface area contributed by atoms with Gasteiger partial charge in [0.25, 0.3) is 0 Å². The summed E-state index contributed by atoms with van der Waals surface area (Å²) in [5.41, 5.74) is 1.52. The zero-order valence-corrected chi connectivity index (χ0v) is 9.74. The molecule has 1 saturated carbocycles. The first kappa shape index (κ1) is 10.7. The van der Waals surface area contributed by atoms with E-state index in [2.05, 4.69) is 49.6 Å². The highest BCUT2D eigenvalue weighted by atomic mass is 14.9. The minimum atomic E-state index is 0.707. The lowest BCUT2D eigenvalue weighted by Crippen LogP contribution is -2.33. The van der Waals surface area contributed by atoms with E-state index >= 15 is 0 Å². The summed E-state index contributed by atoms with van der Waals surface area (Å²) in [4.78, 5) is 0.